The fourth-order valence-electron chi connectivity index (χ4n) is 4.80. The number of fused-ring (bicyclic) bond motifs is 1. The Morgan fingerprint density at radius 1 is 1.09 bits per heavy atom. The Morgan fingerprint density at radius 3 is 2.76 bits per heavy atom. The van der Waals surface area contributed by atoms with Crippen LogP contribution in [-0.2, 0) is 9.47 Å². The van der Waals surface area contributed by atoms with Gasteiger partial charge < -0.3 is 18.8 Å². The number of hydrogen-bond donors (Lipinski definition) is 0. The summed E-state index contributed by atoms with van der Waals surface area (Å²) in [6.07, 6.45) is 6.20. The van der Waals surface area contributed by atoms with Gasteiger partial charge in [-0.2, -0.15) is 5.10 Å². The average Bonchev–Trinajstić information content (AvgIpc) is 3.63. The standard InChI is InChI=1S/C27H28N4O3/c1-18-4-3-5-19(14-18)22-8-9-31(29-22)26-17-24(30-10-12-33-13-11-30)27-23(28-26)16-25(34-27)20-6-7-21(15-20)32-2/h3-5,8-9,14-17,21H,6-7,10-13H2,1-2H3. The van der Waals surface area contributed by atoms with Crippen LogP contribution in [0.15, 0.2) is 59.2 Å². The highest BCUT2D eigenvalue weighted by Gasteiger charge is 2.23. The van der Waals surface area contributed by atoms with Gasteiger partial charge in [0, 0.05) is 44.1 Å². The third-order valence-corrected chi connectivity index (χ3v) is 6.64. The Balaban J connectivity index is 1.44. The van der Waals surface area contributed by atoms with Crippen molar-refractivity contribution in [1.29, 1.82) is 0 Å². The molecule has 4 heterocycles. The van der Waals surface area contributed by atoms with E-state index in [-0.39, 0.29) is 6.10 Å². The summed E-state index contributed by atoms with van der Waals surface area (Å²) in [5, 5.41) is 4.84. The summed E-state index contributed by atoms with van der Waals surface area (Å²) in [7, 11) is 1.75. The Kier molecular flexibility index (Phi) is 5.43. The number of hydrogen-bond acceptors (Lipinski definition) is 6. The van der Waals surface area contributed by atoms with E-state index < -0.39 is 0 Å². The van der Waals surface area contributed by atoms with Crippen molar-refractivity contribution in [2.45, 2.75) is 25.9 Å². The number of ether oxygens (including phenoxy) is 2. The van der Waals surface area contributed by atoms with Gasteiger partial charge in [-0.25, -0.2) is 9.67 Å². The van der Waals surface area contributed by atoms with Crippen LogP contribution in [0, 0.1) is 6.92 Å². The largest absolute Gasteiger partial charge is 0.453 e. The number of furan rings is 1. The minimum Gasteiger partial charge on any atom is -0.453 e. The summed E-state index contributed by atoms with van der Waals surface area (Å²) in [5.74, 6) is 1.64. The molecule has 1 aromatic carbocycles. The predicted molar refractivity (Wildman–Crippen MR) is 132 cm³/mol. The lowest BCUT2D eigenvalue weighted by atomic mass is 10.1. The molecule has 1 atom stereocenters. The molecule has 0 radical (unpaired) electrons. The molecule has 1 fully saturated rings. The Morgan fingerprint density at radius 2 is 1.97 bits per heavy atom. The van der Waals surface area contributed by atoms with E-state index in [2.05, 4.69) is 54.3 Å². The quantitative estimate of drug-likeness (QED) is 0.420. The second-order valence-electron chi connectivity index (χ2n) is 8.94. The zero-order chi connectivity index (χ0) is 23.1. The van der Waals surface area contributed by atoms with Gasteiger partial charge in [-0.15, -0.1) is 0 Å². The normalized spacial score (nSPS) is 18.6. The van der Waals surface area contributed by atoms with Crippen LogP contribution < -0.4 is 4.90 Å². The van der Waals surface area contributed by atoms with Crippen LogP contribution in [0.2, 0.25) is 0 Å². The van der Waals surface area contributed by atoms with Crippen LogP contribution in [0.4, 0.5) is 5.69 Å². The Hall–Kier alpha value is -3.42. The molecule has 3 aromatic heterocycles. The number of anilines is 1. The minimum atomic E-state index is 0.148. The van der Waals surface area contributed by atoms with Crippen LogP contribution in [-0.4, -0.2) is 54.3 Å². The van der Waals surface area contributed by atoms with Crippen LogP contribution in [0.25, 0.3) is 33.7 Å². The second kappa shape index (κ2) is 8.74. The number of morpholine rings is 1. The predicted octanol–water partition coefficient (Wildman–Crippen LogP) is 5.02. The number of aromatic nitrogens is 3. The highest BCUT2D eigenvalue weighted by atomic mass is 16.5. The van der Waals surface area contributed by atoms with Gasteiger partial charge in [-0.3, -0.25) is 0 Å². The van der Waals surface area contributed by atoms with E-state index in [1.165, 1.54) is 11.1 Å². The zero-order valence-corrected chi connectivity index (χ0v) is 19.5. The van der Waals surface area contributed by atoms with Crippen molar-refractivity contribution in [3.8, 4) is 17.1 Å². The lowest BCUT2D eigenvalue weighted by Gasteiger charge is -2.29. The smallest absolute Gasteiger partial charge is 0.176 e. The van der Waals surface area contributed by atoms with Crippen LogP contribution in [0.3, 0.4) is 0 Å². The molecule has 1 saturated heterocycles. The molecule has 1 aliphatic carbocycles. The summed E-state index contributed by atoms with van der Waals surface area (Å²) >= 11 is 0. The van der Waals surface area contributed by atoms with Crippen molar-refractivity contribution in [3.05, 3.63) is 66.1 Å². The Labute approximate surface area is 198 Å². The number of rotatable bonds is 5. The lowest BCUT2D eigenvalue weighted by Crippen LogP contribution is -2.36. The van der Waals surface area contributed by atoms with E-state index in [0.717, 1.165) is 65.6 Å². The van der Waals surface area contributed by atoms with E-state index in [1.807, 2.05) is 16.9 Å². The first-order valence-corrected chi connectivity index (χ1v) is 11.8. The molecule has 0 spiro atoms. The first kappa shape index (κ1) is 21.1. The summed E-state index contributed by atoms with van der Waals surface area (Å²) < 4.78 is 19.4. The molecule has 7 nitrogen and oxygen atoms in total. The molecule has 7 heteroatoms. The van der Waals surface area contributed by atoms with Crippen molar-refractivity contribution in [2.75, 3.05) is 38.3 Å². The maximum atomic E-state index is 6.41. The van der Waals surface area contributed by atoms with Crippen molar-refractivity contribution >= 4 is 22.4 Å². The fourth-order valence-corrected chi connectivity index (χ4v) is 4.80. The molecule has 4 aromatic rings. The second-order valence-corrected chi connectivity index (χ2v) is 8.94. The molecule has 2 aliphatic rings. The molecule has 1 aliphatic heterocycles. The van der Waals surface area contributed by atoms with Crippen molar-refractivity contribution < 1.29 is 13.9 Å². The zero-order valence-electron chi connectivity index (χ0n) is 19.5. The maximum absolute atomic E-state index is 6.41. The molecule has 174 valence electrons. The first-order valence-electron chi connectivity index (χ1n) is 11.8. The van der Waals surface area contributed by atoms with Gasteiger partial charge in [0.05, 0.1) is 30.7 Å². The molecule has 0 N–H and O–H groups in total. The average molecular weight is 457 g/mol. The number of allylic oxidation sites excluding steroid dienone is 1. The summed E-state index contributed by atoms with van der Waals surface area (Å²) in [6, 6.07) is 14.5. The van der Waals surface area contributed by atoms with Gasteiger partial charge in [0.2, 0.25) is 0 Å². The van der Waals surface area contributed by atoms with E-state index in [0.29, 0.717) is 13.2 Å². The van der Waals surface area contributed by atoms with Crippen molar-refractivity contribution in [3.63, 3.8) is 0 Å². The Bertz CT molecular complexity index is 1360. The van der Waals surface area contributed by atoms with Gasteiger partial charge in [-0.05, 0) is 43.5 Å². The third-order valence-electron chi connectivity index (χ3n) is 6.64. The monoisotopic (exact) mass is 456 g/mol. The van der Waals surface area contributed by atoms with Gasteiger partial charge in [0.1, 0.15) is 11.3 Å². The third kappa shape index (κ3) is 3.91. The topological polar surface area (TPSA) is 65.5 Å². The molecule has 6 rings (SSSR count). The first-order chi connectivity index (χ1) is 16.7. The van der Waals surface area contributed by atoms with Gasteiger partial charge in [0.25, 0.3) is 0 Å². The fraction of sp³-hybridized carbons (Fsp3) is 0.333. The maximum Gasteiger partial charge on any atom is 0.176 e. The molecular formula is C27H28N4O3. The lowest BCUT2D eigenvalue weighted by molar-refractivity contribution is 0.122. The van der Waals surface area contributed by atoms with Gasteiger partial charge >= 0.3 is 0 Å². The number of methoxy groups -OCH3 is 1. The molecule has 0 bridgehead atoms. The van der Waals surface area contributed by atoms with Gasteiger partial charge in [-0.1, -0.05) is 23.8 Å². The van der Waals surface area contributed by atoms with E-state index in [9.17, 15) is 0 Å². The van der Waals surface area contributed by atoms with Crippen LogP contribution in [0.1, 0.15) is 24.2 Å². The highest BCUT2D eigenvalue weighted by molar-refractivity contribution is 5.90. The molecule has 1 unspecified atom stereocenters. The molecule has 34 heavy (non-hydrogen) atoms. The van der Waals surface area contributed by atoms with Gasteiger partial charge in [0.15, 0.2) is 11.4 Å². The summed E-state index contributed by atoms with van der Waals surface area (Å²) in [4.78, 5) is 7.26. The minimum absolute atomic E-state index is 0.148. The van der Waals surface area contributed by atoms with E-state index in [4.69, 9.17) is 24.0 Å². The highest BCUT2D eigenvalue weighted by Crippen LogP contribution is 2.37. The molecule has 0 amide bonds. The number of benzene rings is 1. The summed E-state index contributed by atoms with van der Waals surface area (Å²) in [6.45, 7) is 5.13. The van der Waals surface area contributed by atoms with E-state index in [1.54, 1.807) is 7.11 Å². The molecular weight excluding hydrogens is 428 g/mol. The molecule has 0 saturated carbocycles. The van der Waals surface area contributed by atoms with Crippen LogP contribution in [0.5, 0.6) is 0 Å². The number of aryl methyl sites for hydroxylation is 1. The van der Waals surface area contributed by atoms with Crippen molar-refractivity contribution in [2.24, 2.45) is 0 Å². The summed E-state index contributed by atoms with van der Waals surface area (Å²) in [5.41, 5.74) is 7.10. The number of nitrogens with zero attached hydrogens (tertiary/aromatic N) is 4. The van der Waals surface area contributed by atoms with E-state index >= 15 is 0 Å². The number of pyridine rings is 1. The van der Waals surface area contributed by atoms with Crippen molar-refractivity contribution in [1.82, 2.24) is 14.8 Å². The SMILES string of the molecule is COC1C=C(c2cc3nc(-n4ccc(-c5cccc(C)c5)n4)cc(N4CCOCC4)c3o2)CC1. The van der Waals surface area contributed by atoms with Crippen LogP contribution >= 0.6 is 0 Å².